The van der Waals surface area contributed by atoms with Gasteiger partial charge in [0.05, 0.1) is 6.61 Å². The van der Waals surface area contributed by atoms with Crippen molar-refractivity contribution in [3.8, 4) is 5.75 Å². The fourth-order valence-electron chi connectivity index (χ4n) is 4.08. The van der Waals surface area contributed by atoms with E-state index in [4.69, 9.17) is 16.3 Å². The molecule has 168 valence electrons. The number of aliphatic hydroxyl groups excluding tert-OH is 1. The second kappa shape index (κ2) is 10.5. The Hall–Kier alpha value is -2.08. The molecular formula is C25H33ClN2O3. The maximum Gasteiger partial charge on any atom is 0.223 e. The molecule has 6 heteroatoms. The Kier molecular flexibility index (Phi) is 7.98. The van der Waals surface area contributed by atoms with Crippen molar-refractivity contribution in [3.63, 3.8) is 0 Å². The largest absolute Gasteiger partial charge is 0.487 e. The number of aliphatic hydroxyl groups is 1. The average Bonchev–Trinajstić information content (AvgIpc) is 3.05. The molecule has 0 fully saturated rings. The lowest BCUT2D eigenvalue weighted by Gasteiger charge is -2.24. The van der Waals surface area contributed by atoms with Gasteiger partial charge in [-0.25, -0.2) is 0 Å². The zero-order valence-corrected chi connectivity index (χ0v) is 19.5. The molecule has 1 atom stereocenters. The fraction of sp³-hybridized carbons (Fsp3) is 0.480. The second-order valence-electron chi connectivity index (χ2n) is 8.88. The summed E-state index contributed by atoms with van der Waals surface area (Å²) in [4.78, 5) is 16.4. The highest BCUT2D eigenvalue weighted by molar-refractivity contribution is 6.30. The van der Waals surface area contributed by atoms with Crippen LogP contribution in [0.4, 0.5) is 0 Å². The first kappa shape index (κ1) is 23.6. The number of halogens is 1. The van der Waals surface area contributed by atoms with Gasteiger partial charge in [-0.05, 0) is 62.3 Å². The molecule has 1 aliphatic heterocycles. The minimum Gasteiger partial charge on any atom is -0.487 e. The molecule has 0 unspecified atom stereocenters. The number of hydrogen-bond acceptors (Lipinski definition) is 4. The van der Waals surface area contributed by atoms with Crippen LogP contribution in [0.25, 0.3) is 0 Å². The molecule has 5 nitrogen and oxygen atoms in total. The molecule has 1 heterocycles. The summed E-state index contributed by atoms with van der Waals surface area (Å²) in [6.07, 6.45) is 2.78. The quantitative estimate of drug-likeness (QED) is 0.608. The number of rotatable bonds is 10. The van der Waals surface area contributed by atoms with Crippen LogP contribution in [0.3, 0.4) is 0 Å². The zero-order chi connectivity index (χ0) is 22.4. The standard InChI is InChI=1S/C25H33ClN2O3/c1-25(17-20-4-8-22(26)9-5-20)18-21-16-19(6-10-23(21)31-25)7-11-24(30)28(14-15-29)13-12-27(2)3/h4-6,8-10,16,29H,7,11-15,17-18H2,1-3H3/t25-/m0/s1. The number of fused-ring (bicyclic) bond motifs is 1. The number of amides is 1. The van der Waals surface area contributed by atoms with Crippen molar-refractivity contribution in [1.29, 1.82) is 0 Å². The van der Waals surface area contributed by atoms with Crippen molar-refractivity contribution in [2.24, 2.45) is 0 Å². The molecule has 0 bridgehead atoms. The maximum atomic E-state index is 12.6. The first-order valence-electron chi connectivity index (χ1n) is 10.9. The SMILES string of the molecule is CN(C)CCN(CCO)C(=O)CCc1ccc2c(c1)C[C@](C)(Cc1ccc(Cl)cc1)O2. The Morgan fingerprint density at radius 1 is 1.10 bits per heavy atom. The molecule has 0 saturated heterocycles. The molecule has 0 aliphatic carbocycles. The summed E-state index contributed by atoms with van der Waals surface area (Å²) >= 11 is 6.00. The Morgan fingerprint density at radius 2 is 1.81 bits per heavy atom. The summed E-state index contributed by atoms with van der Waals surface area (Å²) in [6.45, 7) is 3.93. The molecule has 31 heavy (non-hydrogen) atoms. The second-order valence-corrected chi connectivity index (χ2v) is 9.32. The lowest BCUT2D eigenvalue weighted by Crippen LogP contribution is -2.38. The van der Waals surface area contributed by atoms with Gasteiger partial charge in [0, 0.05) is 43.9 Å². The molecule has 3 rings (SSSR count). The van der Waals surface area contributed by atoms with Crippen LogP contribution in [-0.4, -0.2) is 66.8 Å². The van der Waals surface area contributed by atoms with Crippen LogP contribution < -0.4 is 4.74 Å². The van der Waals surface area contributed by atoms with Crippen LogP contribution in [0, 0.1) is 0 Å². The number of nitrogens with zero attached hydrogens (tertiary/aromatic N) is 2. The number of hydrogen-bond donors (Lipinski definition) is 1. The van der Waals surface area contributed by atoms with Crippen molar-refractivity contribution < 1.29 is 14.6 Å². The highest BCUT2D eigenvalue weighted by Crippen LogP contribution is 2.37. The maximum absolute atomic E-state index is 12.6. The lowest BCUT2D eigenvalue weighted by molar-refractivity contribution is -0.131. The highest BCUT2D eigenvalue weighted by Gasteiger charge is 2.35. The third-order valence-electron chi connectivity index (χ3n) is 5.70. The highest BCUT2D eigenvalue weighted by atomic mass is 35.5. The molecule has 1 aliphatic rings. The smallest absolute Gasteiger partial charge is 0.223 e. The number of aryl methyl sites for hydroxylation is 1. The van der Waals surface area contributed by atoms with E-state index >= 15 is 0 Å². The molecule has 2 aromatic carbocycles. The number of carbonyl (C=O) groups is 1. The van der Waals surface area contributed by atoms with E-state index in [1.54, 1.807) is 4.90 Å². The number of likely N-dealkylation sites (N-methyl/N-ethyl adjacent to an activating group) is 1. The van der Waals surface area contributed by atoms with Crippen LogP contribution in [0.5, 0.6) is 5.75 Å². The summed E-state index contributed by atoms with van der Waals surface area (Å²) in [5.41, 5.74) is 3.26. The monoisotopic (exact) mass is 444 g/mol. The van der Waals surface area contributed by atoms with E-state index in [2.05, 4.69) is 19.1 Å². The molecule has 0 spiro atoms. The number of carbonyl (C=O) groups excluding carboxylic acids is 1. The van der Waals surface area contributed by atoms with E-state index in [1.807, 2.05) is 49.3 Å². The topological polar surface area (TPSA) is 53.0 Å². The van der Waals surface area contributed by atoms with Crippen molar-refractivity contribution in [3.05, 3.63) is 64.2 Å². The molecule has 2 aromatic rings. The fourth-order valence-corrected chi connectivity index (χ4v) is 4.20. The van der Waals surface area contributed by atoms with Crippen LogP contribution in [-0.2, 0) is 24.1 Å². The van der Waals surface area contributed by atoms with Gasteiger partial charge in [-0.3, -0.25) is 4.79 Å². The van der Waals surface area contributed by atoms with E-state index in [-0.39, 0.29) is 18.1 Å². The molecular weight excluding hydrogens is 412 g/mol. The van der Waals surface area contributed by atoms with Gasteiger partial charge in [-0.1, -0.05) is 35.9 Å². The predicted octanol–water partition coefficient (Wildman–Crippen LogP) is 3.59. The Balaban J connectivity index is 1.58. The van der Waals surface area contributed by atoms with Crippen molar-refractivity contribution in [1.82, 2.24) is 9.80 Å². The molecule has 0 saturated carbocycles. The minimum atomic E-state index is -0.283. The number of ether oxygens (including phenoxy) is 1. The molecule has 1 N–H and O–H groups in total. The zero-order valence-electron chi connectivity index (χ0n) is 18.7. The summed E-state index contributed by atoms with van der Waals surface area (Å²) < 4.78 is 6.29. The molecule has 0 radical (unpaired) electrons. The van der Waals surface area contributed by atoms with Gasteiger partial charge < -0.3 is 19.6 Å². The van der Waals surface area contributed by atoms with Crippen molar-refractivity contribution >= 4 is 17.5 Å². The van der Waals surface area contributed by atoms with Gasteiger partial charge in [-0.15, -0.1) is 0 Å². The molecule has 0 aromatic heterocycles. The van der Waals surface area contributed by atoms with Gasteiger partial charge in [-0.2, -0.15) is 0 Å². The third-order valence-corrected chi connectivity index (χ3v) is 5.96. The summed E-state index contributed by atoms with van der Waals surface area (Å²) in [6, 6.07) is 14.2. The van der Waals surface area contributed by atoms with E-state index in [0.29, 0.717) is 25.9 Å². The van der Waals surface area contributed by atoms with Crippen molar-refractivity contribution in [2.45, 2.75) is 38.2 Å². The third kappa shape index (κ3) is 6.70. The Labute approximate surface area is 190 Å². The van der Waals surface area contributed by atoms with Crippen LogP contribution in [0.1, 0.15) is 30.0 Å². The van der Waals surface area contributed by atoms with Gasteiger partial charge in [0.1, 0.15) is 11.4 Å². The van der Waals surface area contributed by atoms with E-state index in [1.165, 1.54) is 11.1 Å². The van der Waals surface area contributed by atoms with Gasteiger partial charge in [0.25, 0.3) is 0 Å². The van der Waals surface area contributed by atoms with Crippen LogP contribution >= 0.6 is 11.6 Å². The normalized spacial score (nSPS) is 17.5. The minimum absolute atomic E-state index is 0.0123. The van der Waals surface area contributed by atoms with Gasteiger partial charge in [0.15, 0.2) is 0 Å². The average molecular weight is 445 g/mol. The van der Waals surface area contributed by atoms with E-state index in [9.17, 15) is 9.90 Å². The van der Waals surface area contributed by atoms with E-state index < -0.39 is 0 Å². The van der Waals surface area contributed by atoms with Gasteiger partial charge >= 0.3 is 0 Å². The summed E-state index contributed by atoms with van der Waals surface area (Å²) in [5, 5.41) is 10.0. The van der Waals surface area contributed by atoms with Gasteiger partial charge in [0.2, 0.25) is 5.91 Å². The molecule has 1 amide bonds. The predicted molar refractivity (Wildman–Crippen MR) is 125 cm³/mol. The van der Waals surface area contributed by atoms with E-state index in [0.717, 1.165) is 35.7 Å². The van der Waals surface area contributed by atoms with Crippen LogP contribution in [0.2, 0.25) is 5.02 Å². The first-order chi connectivity index (χ1) is 14.8. The lowest BCUT2D eigenvalue weighted by atomic mass is 9.91. The summed E-state index contributed by atoms with van der Waals surface area (Å²) in [5.74, 6) is 1.01. The number of benzene rings is 2. The Bertz CT molecular complexity index is 885. The Morgan fingerprint density at radius 3 is 2.48 bits per heavy atom. The summed E-state index contributed by atoms with van der Waals surface area (Å²) in [7, 11) is 3.96. The van der Waals surface area contributed by atoms with Crippen LogP contribution in [0.15, 0.2) is 42.5 Å². The first-order valence-corrected chi connectivity index (χ1v) is 11.2. The van der Waals surface area contributed by atoms with Crippen molar-refractivity contribution in [2.75, 3.05) is 40.3 Å².